The van der Waals surface area contributed by atoms with E-state index in [1.165, 1.54) is 0 Å². The molecule has 2 N–H and O–H groups in total. The van der Waals surface area contributed by atoms with Crippen molar-refractivity contribution < 1.29 is 19.5 Å². The minimum Gasteiger partial charge on any atom is -0.508 e. The fourth-order valence-corrected chi connectivity index (χ4v) is 3.34. The summed E-state index contributed by atoms with van der Waals surface area (Å²) in [6.45, 7) is 4.80. The van der Waals surface area contributed by atoms with Crippen LogP contribution >= 0.6 is 11.6 Å². The molecule has 1 fully saturated rings. The van der Waals surface area contributed by atoms with Crippen LogP contribution in [0, 0.1) is 0 Å². The number of piperazine rings is 1. The van der Waals surface area contributed by atoms with Crippen LogP contribution in [0.15, 0.2) is 48.5 Å². The largest absolute Gasteiger partial charge is 0.508 e. The molecule has 2 aromatic rings. The van der Waals surface area contributed by atoms with Crippen molar-refractivity contribution in [1.29, 1.82) is 0 Å². The topological polar surface area (TPSA) is 57.5 Å². The van der Waals surface area contributed by atoms with E-state index in [0.29, 0.717) is 31.3 Å². The summed E-state index contributed by atoms with van der Waals surface area (Å²) in [7, 11) is 2.01. The van der Waals surface area contributed by atoms with E-state index in [9.17, 15) is 9.90 Å². The molecule has 0 saturated carbocycles. The van der Waals surface area contributed by atoms with Crippen molar-refractivity contribution in [3.8, 4) is 11.5 Å². The second kappa shape index (κ2) is 9.66. The molecule has 1 atom stereocenters. The lowest BCUT2D eigenvalue weighted by Crippen LogP contribution is -3.10. The number of halogens is 1. The Labute approximate surface area is 170 Å². The number of nitrogens with zero attached hydrogens (tertiary/aromatic N) is 2. The lowest BCUT2D eigenvalue weighted by Gasteiger charge is -2.36. The summed E-state index contributed by atoms with van der Waals surface area (Å²) in [6.07, 6.45) is 0. The van der Waals surface area contributed by atoms with Gasteiger partial charge in [0.2, 0.25) is 0 Å². The van der Waals surface area contributed by atoms with E-state index < -0.39 is 0 Å². The maximum Gasteiger partial charge on any atom is 0.277 e. The number of likely N-dealkylation sites (N-methyl/N-ethyl adjacent to an activating group) is 1. The summed E-state index contributed by atoms with van der Waals surface area (Å²) in [5.41, 5.74) is 1.08. The van der Waals surface area contributed by atoms with Crippen molar-refractivity contribution in [2.45, 2.75) is 0 Å². The van der Waals surface area contributed by atoms with E-state index in [1.54, 1.807) is 24.3 Å². The van der Waals surface area contributed by atoms with Gasteiger partial charge >= 0.3 is 0 Å². The molecule has 1 amide bonds. The van der Waals surface area contributed by atoms with E-state index in [2.05, 4.69) is 4.90 Å². The maximum atomic E-state index is 12.6. The van der Waals surface area contributed by atoms with E-state index >= 15 is 0 Å². The number of aromatic hydroxyl groups is 1. The number of phenolic OH excluding ortho intramolecular Hbond substituents is 1. The minimum absolute atomic E-state index is 0.175. The number of benzene rings is 2. The van der Waals surface area contributed by atoms with Gasteiger partial charge in [-0.2, -0.15) is 0 Å². The highest BCUT2D eigenvalue weighted by atomic mass is 35.5. The van der Waals surface area contributed by atoms with Gasteiger partial charge in [-0.25, -0.2) is 0 Å². The standard InChI is InChI=1S/C21H26ClN3O3/c1-23(14-15-28-20-8-2-17(22)3-9-20)16-21(27)25-12-10-24(11-13-25)18-4-6-19(26)7-5-18/h2-9,26H,10-16H2,1H3/p+1. The molecule has 1 aliphatic heterocycles. The fourth-order valence-electron chi connectivity index (χ4n) is 3.21. The molecule has 6 nitrogen and oxygen atoms in total. The van der Waals surface area contributed by atoms with Crippen LogP contribution in [0.3, 0.4) is 0 Å². The summed E-state index contributed by atoms with van der Waals surface area (Å²) < 4.78 is 5.70. The van der Waals surface area contributed by atoms with Gasteiger partial charge in [0, 0.05) is 36.9 Å². The van der Waals surface area contributed by atoms with Crippen molar-refractivity contribution in [1.82, 2.24) is 4.90 Å². The molecule has 2 aromatic carbocycles. The molecule has 0 aromatic heterocycles. The van der Waals surface area contributed by atoms with Gasteiger partial charge in [-0.15, -0.1) is 0 Å². The Morgan fingerprint density at radius 1 is 1.07 bits per heavy atom. The number of rotatable bonds is 7. The van der Waals surface area contributed by atoms with Gasteiger partial charge in [0.1, 0.15) is 24.7 Å². The van der Waals surface area contributed by atoms with E-state index in [1.807, 2.05) is 36.2 Å². The number of ether oxygens (including phenoxy) is 1. The number of carbonyl (C=O) groups is 1. The molecule has 1 unspecified atom stereocenters. The molecule has 0 bridgehead atoms. The zero-order valence-corrected chi connectivity index (χ0v) is 16.9. The zero-order chi connectivity index (χ0) is 19.9. The Balaban J connectivity index is 1.37. The van der Waals surface area contributed by atoms with Gasteiger partial charge in [-0.1, -0.05) is 11.6 Å². The number of hydrogen-bond donors (Lipinski definition) is 2. The van der Waals surface area contributed by atoms with Crippen molar-refractivity contribution >= 4 is 23.2 Å². The van der Waals surface area contributed by atoms with Gasteiger partial charge < -0.3 is 24.5 Å². The number of amides is 1. The molecule has 0 aliphatic carbocycles. The molecule has 3 rings (SSSR count). The lowest BCUT2D eigenvalue weighted by atomic mass is 10.2. The van der Waals surface area contributed by atoms with Gasteiger partial charge in [0.05, 0.1) is 7.05 Å². The molecule has 0 spiro atoms. The third-order valence-electron chi connectivity index (χ3n) is 4.91. The van der Waals surface area contributed by atoms with Crippen LogP contribution in [0.2, 0.25) is 5.02 Å². The van der Waals surface area contributed by atoms with Crippen molar-refractivity contribution in [2.24, 2.45) is 0 Å². The first-order valence-electron chi connectivity index (χ1n) is 9.53. The number of quaternary nitrogens is 1. The van der Waals surface area contributed by atoms with E-state index in [0.717, 1.165) is 36.0 Å². The van der Waals surface area contributed by atoms with E-state index in [4.69, 9.17) is 16.3 Å². The van der Waals surface area contributed by atoms with Crippen molar-refractivity contribution in [2.75, 3.05) is 57.8 Å². The number of phenols is 1. The predicted octanol–water partition coefficient (Wildman–Crippen LogP) is 1.29. The normalized spacial score (nSPS) is 15.4. The first-order chi connectivity index (χ1) is 13.5. The van der Waals surface area contributed by atoms with Gasteiger partial charge in [-0.3, -0.25) is 4.79 Å². The third-order valence-corrected chi connectivity index (χ3v) is 5.16. The summed E-state index contributed by atoms with van der Waals surface area (Å²) >= 11 is 5.86. The van der Waals surface area contributed by atoms with Crippen LogP contribution in [0.1, 0.15) is 0 Å². The third kappa shape index (κ3) is 5.78. The molecule has 7 heteroatoms. The highest BCUT2D eigenvalue weighted by molar-refractivity contribution is 6.30. The summed E-state index contributed by atoms with van der Waals surface area (Å²) in [4.78, 5) is 17.9. The Hall–Kier alpha value is -2.44. The molecule has 1 heterocycles. The molecule has 1 saturated heterocycles. The van der Waals surface area contributed by atoms with Crippen molar-refractivity contribution in [3.05, 3.63) is 53.6 Å². The summed E-state index contributed by atoms with van der Waals surface area (Å²) in [5, 5.41) is 10.1. The highest BCUT2D eigenvalue weighted by Gasteiger charge is 2.23. The minimum atomic E-state index is 0.175. The van der Waals surface area contributed by atoms with Crippen LogP contribution in [-0.2, 0) is 4.79 Å². The Kier molecular flexibility index (Phi) is 7.01. The Morgan fingerprint density at radius 2 is 1.71 bits per heavy atom. The first-order valence-corrected chi connectivity index (χ1v) is 9.90. The lowest BCUT2D eigenvalue weighted by molar-refractivity contribution is -0.871. The van der Waals surface area contributed by atoms with Gasteiger partial charge in [0.15, 0.2) is 6.54 Å². The molecule has 0 radical (unpaired) electrons. The van der Waals surface area contributed by atoms with Crippen LogP contribution in [0.25, 0.3) is 0 Å². The molecule has 150 valence electrons. The SMILES string of the molecule is C[NH+](CCOc1ccc(Cl)cc1)CC(=O)N1CCN(c2ccc(O)cc2)CC1. The van der Waals surface area contributed by atoms with Crippen LogP contribution in [-0.4, -0.2) is 68.8 Å². The second-order valence-electron chi connectivity index (χ2n) is 7.07. The average Bonchev–Trinajstić information content (AvgIpc) is 2.70. The average molecular weight is 405 g/mol. The monoisotopic (exact) mass is 404 g/mol. The summed E-state index contributed by atoms with van der Waals surface area (Å²) in [6, 6.07) is 14.5. The summed E-state index contributed by atoms with van der Waals surface area (Å²) in [5.74, 6) is 1.23. The second-order valence-corrected chi connectivity index (χ2v) is 7.51. The molecule has 1 aliphatic rings. The number of carbonyl (C=O) groups excluding carboxylic acids is 1. The van der Waals surface area contributed by atoms with Gasteiger partial charge in [-0.05, 0) is 48.5 Å². The van der Waals surface area contributed by atoms with E-state index in [-0.39, 0.29) is 11.7 Å². The van der Waals surface area contributed by atoms with Crippen LogP contribution in [0.5, 0.6) is 11.5 Å². The number of anilines is 1. The zero-order valence-electron chi connectivity index (χ0n) is 16.1. The quantitative estimate of drug-likeness (QED) is 0.730. The first kappa shape index (κ1) is 20.3. The molecular formula is C21H27ClN3O3+. The molecular weight excluding hydrogens is 378 g/mol. The van der Waals surface area contributed by atoms with Crippen molar-refractivity contribution in [3.63, 3.8) is 0 Å². The Morgan fingerprint density at radius 3 is 2.36 bits per heavy atom. The maximum absolute atomic E-state index is 12.6. The predicted molar refractivity (Wildman–Crippen MR) is 110 cm³/mol. The van der Waals surface area contributed by atoms with Gasteiger partial charge in [0.25, 0.3) is 5.91 Å². The number of hydrogen-bond acceptors (Lipinski definition) is 4. The fraction of sp³-hybridized carbons (Fsp3) is 0.381. The van der Waals surface area contributed by atoms with Crippen LogP contribution in [0.4, 0.5) is 5.69 Å². The molecule has 28 heavy (non-hydrogen) atoms. The number of nitrogens with one attached hydrogen (secondary N) is 1. The smallest absolute Gasteiger partial charge is 0.277 e. The highest BCUT2D eigenvalue weighted by Crippen LogP contribution is 2.19. The van der Waals surface area contributed by atoms with Crippen LogP contribution < -0.4 is 14.5 Å². The Bertz CT molecular complexity index is 759.